The van der Waals surface area contributed by atoms with Crippen LogP contribution in [-0.4, -0.2) is 37.3 Å². The Balaban J connectivity index is 1.74. The smallest absolute Gasteiger partial charge is 0.256 e. The van der Waals surface area contributed by atoms with Gasteiger partial charge in [0.2, 0.25) is 0 Å². The maximum atomic E-state index is 13.1. The fourth-order valence-electron chi connectivity index (χ4n) is 3.33. The molecule has 144 valence electrons. The topological polar surface area (TPSA) is 93.4 Å². The van der Waals surface area contributed by atoms with Gasteiger partial charge in [-0.05, 0) is 43.4 Å². The Kier molecular flexibility index (Phi) is 5.50. The van der Waals surface area contributed by atoms with Crippen molar-refractivity contribution in [1.29, 1.82) is 0 Å². The molecule has 2 aromatic rings. The molecule has 0 radical (unpaired) electrons. The molecule has 6 nitrogen and oxygen atoms in total. The number of piperidine rings is 1. The number of aromatic nitrogens is 1. The molecule has 1 aliphatic heterocycles. The van der Waals surface area contributed by atoms with Crippen LogP contribution in [-0.2, 0) is 10.0 Å². The first-order valence-electron chi connectivity index (χ1n) is 8.41. The lowest BCUT2D eigenvalue weighted by atomic mass is 9.89. The van der Waals surface area contributed by atoms with Crippen molar-refractivity contribution in [3.8, 4) is 0 Å². The van der Waals surface area contributed by atoms with Gasteiger partial charge in [-0.3, -0.25) is 4.79 Å². The minimum absolute atomic E-state index is 0.0414. The second-order valence-corrected chi connectivity index (χ2v) is 8.43. The van der Waals surface area contributed by atoms with Crippen LogP contribution in [0.2, 0.25) is 5.02 Å². The highest BCUT2D eigenvalue weighted by atomic mass is 35.5. The largest absolute Gasteiger partial charge is 0.339 e. The summed E-state index contributed by atoms with van der Waals surface area (Å²) in [4.78, 5) is 18.3. The summed E-state index contributed by atoms with van der Waals surface area (Å²) in [6.45, 7) is 2.51. The van der Waals surface area contributed by atoms with Crippen LogP contribution in [0.25, 0.3) is 0 Å². The van der Waals surface area contributed by atoms with E-state index >= 15 is 0 Å². The SMILES string of the molecule is Cc1c(S(N)(=O)=O)ncc(C(=O)N2CCC(c3ccc(F)cc3)CC2)c1Cl. The van der Waals surface area contributed by atoms with Crippen molar-refractivity contribution in [2.24, 2.45) is 5.14 Å². The van der Waals surface area contributed by atoms with E-state index in [0.29, 0.717) is 13.1 Å². The number of hydrogen-bond donors (Lipinski definition) is 1. The predicted octanol–water partition coefficient (Wildman–Crippen LogP) is 2.85. The highest BCUT2D eigenvalue weighted by molar-refractivity contribution is 7.89. The van der Waals surface area contributed by atoms with Crippen molar-refractivity contribution in [3.05, 3.63) is 58.0 Å². The van der Waals surface area contributed by atoms with Crippen LogP contribution in [0.5, 0.6) is 0 Å². The summed E-state index contributed by atoms with van der Waals surface area (Å²) < 4.78 is 36.1. The van der Waals surface area contributed by atoms with E-state index in [-0.39, 0.29) is 38.8 Å². The molecule has 3 rings (SSSR count). The molecule has 0 aliphatic carbocycles. The third kappa shape index (κ3) is 4.12. The summed E-state index contributed by atoms with van der Waals surface area (Å²) in [5, 5.41) is 4.81. The van der Waals surface area contributed by atoms with Gasteiger partial charge in [0, 0.05) is 24.8 Å². The van der Waals surface area contributed by atoms with Crippen molar-refractivity contribution in [2.75, 3.05) is 13.1 Å². The van der Waals surface area contributed by atoms with E-state index in [4.69, 9.17) is 16.7 Å². The number of primary sulfonamides is 1. The van der Waals surface area contributed by atoms with E-state index in [2.05, 4.69) is 4.98 Å². The first kappa shape index (κ1) is 19.7. The minimum Gasteiger partial charge on any atom is -0.339 e. The van der Waals surface area contributed by atoms with Crippen molar-refractivity contribution >= 4 is 27.5 Å². The average Bonchev–Trinajstić information content (AvgIpc) is 2.63. The van der Waals surface area contributed by atoms with Crippen LogP contribution < -0.4 is 5.14 Å². The number of nitrogens with zero attached hydrogens (tertiary/aromatic N) is 2. The third-order valence-electron chi connectivity index (χ3n) is 4.82. The molecule has 1 fully saturated rings. The van der Waals surface area contributed by atoms with Crippen LogP contribution >= 0.6 is 11.6 Å². The Morgan fingerprint density at radius 1 is 1.26 bits per heavy atom. The molecule has 1 aromatic carbocycles. The van der Waals surface area contributed by atoms with Gasteiger partial charge in [0.1, 0.15) is 5.82 Å². The normalized spacial score (nSPS) is 15.8. The maximum Gasteiger partial charge on any atom is 0.256 e. The molecule has 0 atom stereocenters. The van der Waals surface area contributed by atoms with Gasteiger partial charge in [0.25, 0.3) is 15.9 Å². The summed E-state index contributed by atoms with van der Waals surface area (Å²) >= 11 is 6.21. The monoisotopic (exact) mass is 411 g/mol. The number of sulfonamides is 1. The zero-order chi connectivity index (χ0) is 19.8. The van der Waals surface area contributed by atoms with Crippen molar-refractivity contribution < 1.29 is 17.6 Å². The van der Waals surface area contributed by atoms with Crippen molar-refractivity contribution in [2.45, 2.75) is 30.7 Å². The van der Waals surface area contributed by atoms with Crippen LogP contribution in [0.3, 0.4) is 0 Å². The van der Waals surface area contributed by atoms with Gasteiger partial charge in [-0.25, -0.2) is 22.9 Å². The summed E-state index contributed by atoms with van der Waals surface area (Å²) in [5.41, 5.74) is 1.37. The molecule has 1 amide bonds. The Morgan fingerprint density at radius 2 is 1.85 bits per heavy atom. The van der Waals surface area contributed by atoms with Gasteiger partial charge >= 0.3 is 0 Å². The number of likely N-dealkylation sites (tertiary alicyclic amines) is 1. The van der Waals surface area contributed by atoms with Crippen LogP contribution in [0.1, 0.15) is 40.2 Å². The Morgan fingerprint density at radius 3 is 2.41 bits per heavy atom. The van der Waals surface area contributed by atoms with E-state index in [1.54, 1.807) is 17.0 Å². The summed E-state index contributed by atoms with van der Waals surface area (Å²) in [7, 11) is -4.01. The zero-order valence-corrected chi connectivity index (χ0v) is 16.2. The number of amides is 1. The Bertz CT molecular complexity index is 972. The number of nitrogens with two attached hydrogens (primary N) is 1. The molecule has 1 aliphatic rings. The minimum atomic E-state index is -4.01. The molecule has 27 heavy (non-hydrogen) atoms. The number of hydrogen-bond acceptors (Lipinski definition) is 4. The van der Waals surface area contributed by atoms with E-state index in [0.717, 1.165) is 24.6 Å². The van der Waals surface area contributed by atoms with E-state index in [1.165, 1.54) is 19.1 Å². The number of carbonyl (C=O) groups excluding carboxylic acids is 1. The third-order valence-corrected chi connectivity index (χ3v) is 6.26. The summed E-state index contributed by atoms with van der Waals surface area (Å²) in [5.74, 6) is -0.310. The molecule has 1 saturated heterocycles. The van der Waals surface area contributed by atoms with Crippen molar-refractivity contribution in [3.63, 3.8) is 0 Å². The molecule has 0 bridgehead atoms. The zero-order valence-electron chi connectivity index (χ0n) is 14.7. The van der Waals surface area contributed by atoms with E-state index in [9.17, 15) is 17.6 Å². The Labute approximate surface area is 162 Å². The molecule has 2 N–H and O–H groups in total. The number of pyridine rings is 1. The summed E-state index contributed by atoms with van der Waals surface area (Å²) in [6.07, 6.45) is 2.65. The number of rotatable bonds is 3. The fourth-order valence-corrected chi connectivity index (χ4v) is 4.33. The van der Waals surface area contributed by atoms with Gasteiger partial charge in [0.05, 0.1) is 10.6 Å². The lowest BCUT2D eigenvalue weighted by molar-refractivity contribution is 0.0712. The van der Waals surface area contributed by atoms with E-state index in [1.807, 2.05) is 0 Å². The second kappa shape index (κ2) is 7.53. The first-order valence-corrected chi connectivity index (χ1v) is 10.3. The lowest BCUT2D eigenvalue weighted by Gasteiger charge is -2.32. The molecule has 2 heterocycles. The van der Waals surface area contributed by atoms with Gasteiger partial charge in [-0.1, -0.05) is 23.7 Å². The Hall–Kier alpha value is -2.03. The number of benzene rings is 1. The molecular formula is C18H19ClFN3O3S. The average molecular weight is 412 g/mol. The van der Waals surface area contributed by atoms with E-state index < -0.39 is 10.0 Å². The van der Waals surface area contributed by atoms with Crippen LogP contribution in [0, 0.1) is 12.7 Å². The number of halogens is 2. The molecule has 9 heteroatoms. The van der Waals surface area contributed by atoms with Crippen LogP contribution in [0.15, 0.2) is 35.5 Å². The highest BCUT2D eigenvalue weighted by Gasteiger charge is 2.28. The summed E-state index contributed by atoms with van der Waals surface area (Å²) in [6, 6.07) is 6.42. The van der Waals surface area contributed by atoms with Gasteiger partial charge in [-0.2, -0.15) is 0 Å². The van der Waals surface area contributed by atoms with Crippen molar-refractivity contribution in [1.82, 2.24) is 9.88 Å². The molecule has 0 unspecified atom stereocenters. The lowest BCUT2D eigenvalue weighted by Crippen LogP contribution is -2.38. The molecule has 0 saturated carbocycles. The first-order chi connectivity index (χ1) is 12.7. The molecule has 1 aromatic heterocycles. The predicted molar refractivity (Wildman–Crippen MR) is 99.6 cm³/mol. The molecule has 0 spiro atoms. The standard InChI is InChI=1S/C18H19ClFN3O3S/c1-11-16(19)15(10-22-17(11)27(21,25)26)18(24)23-8-6-13(7-9-23)12-2-4-14(20)5-3-12/h2-5,10,13H,6-9H2,1H3,(H2,21,25,26). The van der Waals surface area contributed by atoms with Gasteiger partial charge < -0.3 is 4.90 Å². The van der Waals surface area contributed by atoms with Crippen LogP contribution in [0.4, 0.5) is 4.39 Å². The maximum absolute atomic E-state index is 13.1. The van der Waals surface area contributed by atoms with Gasteiger partial charge in [0.15, 0.2) is 5.03 Å². The number of carbonyl (C=O) groups is 1. The quantitative estimate of drug-likeness (QED) is 0.840. The van der Waals surface area contributed by atoms with Gasteiger partial charge in [-0.15, -0.1) is 0 Å². The second-order valence-electron chi connectivity index (χ2n) is 6.58. The highest BCUT2D eigenvalue weighted by Crippen LogP contribution is 2.30. The fraction of sp³-hybridized carbons (Fsp3) is 0.333. The molecular weight excluding hydrogens is 393 g/mol.